The Morgan fingerprint density at radius 3 is 2.71 bits per heavy atom. The van der Waals surface area contributed by atoms with Crippen molar-refractivity contribution in [2.45, 2.75) is 0 Å². The SMILES string of the molecule is Cl.O=C1C=NCN1. The Kier molecular flexibility index (Phi) is 2.37. The zero-order valence-corrected chi connectivity index (χ0v) is 4.36. The molecular formula is C3H5ClN2O. The smallest absolute Gasteiger partial charge is 0.263 e. The molecule has 4 heteroatoms. The molecule has 0 aromatic carbocycles. The first-order chi connectivity index (χ1) is 2.89. The van der Waals surface area contributed by atoms with Crippen molar-refractivity contribution in [1.82, 2.24) is 5.32 Å². The number of halogens is 1. The molecule has 7 heavy (non-hydrogen) atoms. The quantitative estimate of drug-likeness (QED) is 0.463. The summed E-state index contributed by atoms with van der Waals surface area (Å²) in [5.41, 5.74) is 0. The highest BCUT2D eigenvalue weighted by molar-refractivity contribution is 6.27. The van der Waals surface area contributed by atoms with Gasteiger partial charge in [-0.05, 0) is 0 Å². The summed E-state index contributed by atoms with van der Waals surface area (Å²) in [6.07, 6.45) is 1.28. The Morgan fingerprint density at radius 2 is 2.57 bits per heavy atom. The van der Waals surface area contributed by atoms with Gasteiger partial charge in [0.1, 0.15) is 6.67 Å². The lowest BCUT2D eigenvalue weighted by Crippen LogP contribution is -2.15. The number of carbonyl (C=O) groups excluding carboxylic acids is 1. The minimum Gasteiger partial charge on any atom is -0.332 e. The van der Waals surface area contributed by atoms with Crippen LogP contribution >= 0.6 is 12.4 Å². The van der Waals surface area contributed by atoms with E-state index in [-0.39, 0.29) is 18.3 Å². The second-order valence-electron chi connectivity index (χ2n) is 1.01. The standard InChI is InChI=1S/C3H4N2O.ClH/c6-3-1-4-2-5-3;/h1H,2H2,(H,5,6);1H. The fourth-order valence-electron chi connectivity index (χ4n) is 0.298. The molecule has 0 aromatic heterocycles. The molecule has 0 saturated heterocycles. The molecule has 1 heterocycles. The lowest BCUT2D eigenvalue weighted by molar-refractivity contribution is -0.113. The predicted molar refractivity (Wildman–Crippen MR) is 28.7 cm³/mol. The average Bonchev–Trinajstić information content (AvgIpc) is 1.86. The molecule has 1 rings (SSSR count). The normalized spacial score (nSPS) is 15.7. The molecule has 1 aliphatic heterocycles. The van der Waals surface area contributed by atoms with E-state index in [1.165, 1.54) is 6.21 Å². The van der Waals surface area contributed by atoms with E-state index in [0.29, 0.717) is 6.67 Å². The number of hydrogen-bond acceptors (Lipinski definition) is 2. The lowest BCUT2D eigenvalue weighted by atomic mass is 10.7. The Morgan fingerprint density at radius 1 is 1.86 bits per heavy atom. The number of nitrogens with one attached hydrogen (secondary N) is 1. The van der Waals surface area contributed by atoms with Gasteiger partial charge in [-0.25, -0.2) is 0 Å². The summed E-state index contributed by atoms with van der Waals surface area (Å²) in [7, 11) is 0. The highest BCUT2D eigenvalue weighted by atomic mass is 35.5. The van der Waals surface area contributed by atoms with Crippen molar-refractivity contribution < 1.29 is 4.79 Å². The molecular weight excluding hydrogens is 115 g/mol. The van der Waals surface area contributed by atoms with Gasteiger partial charge >= 0.3 is 0 Å². The maximum absolute atomic E-state index is 9.98. The molecule has 0 radical (unpaired) electrons. The second-order valence-corrected chi connectivity index (χ2v) is 1.01. The molecule has 0 unspecified atom stereocenters. The average molecular weight is 121 g/mol. The summed E-state index contributed by atoms with van der Waals surface area (Å²) in [5, 5.41) is 2.46. The first-order valence-electron chi connectivity index (χ1n) is 1.67. The predicted octanol–water partition coefficient (Wildman–Crippen LogP) is -0.434. The summed E-state index contributed by atoms with van der Waals surface area (Å²) in [6, 6.07) is 0. The van der Waals surface area contributed by atoms with Crippen LogP contribution in [0.15, 0.2) is 4.99 Å². The molecule has 0 aromatic rings. The monoisotopic (exact) mass is 120 g/mol. The molecule has 1 aliphatic rings. The van der Waals surface area contributed by atoms with Gasteiger partial charge in [0, 0.05) is 0 Å². The number of hydrogen-bond donors (Lipinski definition) is 1. The number of aliphatic imine (C=N–C) groups is 1. The summed E-state index contributed by atoms with van der Waals surface area (Å²) < 4.78 is 0. The number of amides is 1. The van der Waals surface area contributed by atoms with Crippen molar-refractivity contribution in [2.24, 2.45) is 4.99 Å². The Hall–Kier alpha value is -0.570. The van der Waals surface area contributed by atoms with Crippen LogP contribution in [0.5, 0.6) is 0 Å². The van der Waals surface area contributed by atoms with Crippen LogP contribution in [0.4, 0.5) is 0 Å². The Balaban J connectivity index is 0.000000360. The van der Waals surface area contributed by atoms with E-state index in [9.17, 15) is 4.79 Å². The topological polar surface area (TPSA) is 41.5 Å². The third-order valence-electron chi connectivity index (χ3n) is 0.553. The highest BCUT2D eigenvalue weighted by Crippen LogP contribution is 1.71. The van der Waals surface area contributed by atoms with Crippen molar-refractivity contribution in [3.63, 3.8) is 0 Å². The molecule has 0 spiro atoms. The maximum Gasteiger partial charge on any atom is 0.263 e. The van der Waals surface area contributed by atoms with Crippen LogP contribution in [0, 0.1) is 0 Å². The molecule has 0 saturated carbocycles. The molecule has 1 amide bonds. The van der Waals surface area contributed by atoms with Crippen molar-refractivity contribution in [3.8, 4) is 0 Å². The second kappa shape index (κ2) is 2.58. The third-order valence-corrected chi connectivity index (χ3v) is 0.553. The van der Waals surface area contributed by atoms with Crippen LogP contribution < -0.4 is 5.32 Å². The van der Waals surface area contributed by atoms with E-state index in [0.717, 1.165) is 0 Å². The first-order valence-corrected chi connectivity index (χ1v) is 1.67. The van der Waals surface area contributed by atoms with E-state index in [4.69, 9.17) is 0 Å². The van der Waals surface area contributed by atoms with Crippen LogP contribution in [0.2, 0.25) is 0 Å². The van der Waals surface area contributed by atoms with Crippen LogP contribution in [0.3, 0.4) is 0 Å². The zero-order valence-electron chi connectivity index (χ0n) is 3.55. The Bertz CT molecular complexity index is 101. The molecule has 0 bridgehead atoms. The summed E-state index contributed by atoms with van der Waals surface area (Å²) >= 11 is 0. The van der Waals surface area contributed by atoms with E-state index in [1.807, 2.05) is 0 Å². The fourth-order valence-corrected chi connectivity index (χ4v) is 0.298. The first kappa shape index (κ1) is 6.43. The van der Waals surface area contributed by atoms with E-state index in [2.05, 4.69) is 10.3 Å². The van der Waals surface area contributed by atoms with Gasteiger partial charge in [0.25, 0.3) is 5.91 Å². The molecule has 0 atom stereocenters. The summed E-state index contributed by atoms with van der Waals surface area (Å²) in [4.78, 5) is 13.6. The number of nitrogens with zero attached hydrogens (tertiary/aromatic N) is 1. The van der Waals surface area contributed by atoms with E-state index >= 15 is 0 Å². The fraction of sp³-hybridized carbons (Fsp3) is 0.333. The summed E-state index contributed by atoms with van der Waals surface area (Å²) in [6.45, 7) is 0.457. The van der Waals surface area contributed by atoms with Crippen molar-refractivity contribution in [3.05, 3.63) is 0 Å². The maximum atomic E-state index is 9.98. The van der Waals surface area contributed by atoms with E-state index < -0.39 is 0 Å². The summed E-state index contributed by atoms with van der Waals surface area (Å²) in [5.74, 6) is -0.0880. The number of carbonyl (C=O) groups is 1. The van der Waals surface area contributed by atoms with Gasteiger partial charge in [-0.15, -0.1) is 12.4 Å². The van der Waals surface area contributed by atoms with Crippen molar-refractivity contribution in [2.75, 3.05) is 6.67 Å². The largest absolute Gasteiger partial charge is 0.332 e. The van der Waals surface area contributed by atoms with Gasteiger partial charge in [0.15, 0.2) is 0 Å². The highest BCUT2D eigenvalue weighted by Gasteiger charge is 1.97. The van der Waals surface area contributed by atoms with Crippen LogP contribution in [-0.4, -0.2) is 18.8 Å². The van der Waals surface area contributed by atoms with Crippen molar-refractivity contribution >= 4 is 24.5 Å². The third kappa shape index (κ3) is 1.55. The van der Waals surface area contributed by atoms with Gasteiger partial charge in [0.2, 0.25) is 0 Å². The van der Waals surface area contributed by atoms with Crippen LogP contribution in [0.1, 0.15) is 0 Å². The van der Waals surface area contributed by atoms with Gasteiger partial charge in [0.05, 0.1) is 6.21 Å². The zero-order chi connectivity index (χ0) is 4.41. The van der Waals surface area contributed by atoms with E-state index in [1.54, 1.807) is 0 Å². The van der Waals surface area contributed by atoms with Gasteiger partial charge in [-0.1, -0.05) is 0 Å². The van der Waals surface area contributed by atoms with Crippen molar-refractivity contribution in [1.29, 1.82) is 0 Å². The van der Waals surface area contributed by atoms with Crippen LogP contribution in [-0.2, 0) is 4.79 Å². The van der Waals surface area contributed by atoms with Gasteiger partial charge in [-0.3, -0.25) is 9.79 Å². The van der Waals surface area contributed by atoms with Gasteiger partial charge < -0.3 is 5.32 Å². The minimum absolute atomic E-state index is 0. The van der Waals surface area contributed by atoms with Crippen LogP contribution in [0.25, 0.3) is 0 Å². The molecule has 40 valence electrons. The minimum atomic E-state index is -0.0880. The number of rotatable bonds is 0. The molecule has 0 fully saturated rings. The Labute approximate surface area is 47.2 Å². The molecule has 3 nitrogen and oxygen atoms in total. The lowest BCUT2D eigenvalue weighted by Gasteiger charge is -1.78. The van der Waals surface area contributed by atoms with Gasteiger partial charge in [-0.2, -0.15) is 0 Å². The molecule has 1 N–H and O–H groups in total. The molecule has 0 aliphatic carbocycles.